The van der Waals surface area contributed by atoms with Crippen LogP contribution in [0.3, 0.4) is 0 Å². The summed E-state index contributed by atoms with van der Waals surface area (Å²) in [4.78, 5) is 12.3. The van der Waals surface area contributed by atoms with Crippen LogP contribution in [-0.2, 0) is 11.0 Å². The van der Waals surface area contributed by atoms with Gasteiger partial charge in [0, 0.05) is 6.42 Å². The molecule has 0 saturated carbocycles. The van der Waals surface area contributed by atoms with E-state index in [1.165, 1.54) is 7.11 Å². The Kier molecular flexibility index (Phi) is 5.49. The van der Waals surface area contributed by atoms with E-state index in [9.17, 15) is 9.36 Å². The average Bonchev–Trinajstić information content (AvgIpc) is 2.52. The average molecular weight is 322 g/mol. The van der Waals surface area contributed by atoms with Crippen LogP contribution in [0.2, 0.25) is 5.02 Å². The second kappa shape index (κ2) is 7.35. The van der Waals surface area contributed by atoms with Crippen LogP contribution < -0.4 is 4.74 Å². The van der Waals surface area contributed by atoms with E-state index in [2.05, 4.69) is 0 Å². The number of carbonyl (C=O) groups is 1. The molecule has 108 valence electrons. The number of aryl methyl sites for hydroxylation is 1. The quantitative estimate of drug-likeness (QED) is 0.733. The zero-order chi connectivity index (χ0) is 15.2. The third-order valence-electron chi connectivity index (χ3n) is 3.07. The van der Waals surface area contributed by atoms with Gasteiger partial charge in [-0.3, -0.25) is 0 Å². The first-order valence-electron chi connectivity index (χ1n) is 6.49. The number of ether oxygens (including phenoxy) is 1. The predicted octanol–water partition coefficient (Wildman–Crippen LogP) is 4.56. The van der Waals surface area contributed by atoms with Gasteiger partial charge < -0.3 is 4.74 Å². The van der Waals surface area contributed by atoms with Gasteiger partial charge in [-0.25, -0.2) is 4.79 Å². The van der Waals surface area contributed by atoms with Gasteiger partial charge in [0.1, 0.15) is 5.56 Å². The van der Waals surface area contributed by atoms with E-state index in [1.807, 2.05) is 30.3 Å². The number of hydrogen-bond donors (Lipinski definition) is 0. The molecule has 0 bridgehead atoms. The van der Waals surface area contributed by atoms with Crippen LogP contribution in [0.1, 0.15) is 15.9 Å². The largest absolute Gasteiger partial charge is 0.494 e. The summed E-state index contributed by atoms with van der Waals surface area (Å²) in [6.45, 7) is 0. The van der Waals surface area contributed by atoms with Gasteiger partial charge in [0.2, 0.25) is 0 Å². The molecule has 0 spiro atoms. The minimum absolute atomic E-state index is 0.277. The molecule has 0 radical (unpaired) electrons. The fraction of sp³-hybridized carbons (Fsp3) is 0.188. The Labute approximate surface area is 129 Å². The second-order valence-corrected chi connectivity index (χ2v) is 6.48. The molecular weight excluding hydrogens is 307 g/mol. The minimum Gasteiger partial charge on any atom is -0.494 e. The highest BCUT2D eigenvalue weighted by Gasteiger charge is 2.32. The molecule has 21 heavy (non-hydrogen) atoms. The lowest BCUT2D eigenvalue weighted by Gasteiger charge is -2.04. The maximum absolute atomic E-state index is 12.3. The number of para-hydroxylation sites is 1. The molecule has 5 heteroatoms. The summed E-state index contributed by atoms with van der Waals surface area (Å²) in [7, 11) is -0.564. The van der Waals surface area contributed by atoms with Gasteiger partial charge in [-0.1, -0.05) is 52.6 Å². The first kappa shape index (κ1) is 15.7. The van der Waals surface area contributed by atoms with Crippen LogP contribution in [0, 0.1) is 0 Å². The molecule has 1 atom stereocenters. The smallest absolute Gasteiger partial charge is 0.420 e. The van der Waals surface area contributed by atoms with Crippen molar-refractivity contribution in [2.24, 2.45) is 0 Å². The van der Waals surface area contributed by atoms with Gasteiger partial charge in [-0.2, -0.15) is 0 Å². The molecule has 2 rings (SSSR count). The molecule has 0 aliphatic carbocycles. The first-order valence-corrected chi connectivity index (χ1v) is 8.31. The Hall–Kier alpha value is -1.70. The minimum atomic E-state index is -2.00. The summed E-state index contributed by atoms with van der Waals surface area (Å²) < 4.78 is 17.3. The highest BCUT2D eigenvalue weighted by Crippen LogP contribution is 2.35. The molecule has 3 nitrogen and oxygen atoms in total. The van der Waals surface area contributed by atoms with Crippen molar-refractivity contribution < 1.29 is 14.1 Å². The molecule has 1 unspecified atom stereocenters. The van der Waals surface area contributed by atoms with Gasteiger partial charge in [0.25, 0.3) is 0 Å². The van der Waals surface area contributed by atoms with Crippen LogP contribution in [0.15, 0.2) is 48.5 Å². The third-order valence-corrected chi connectivity index (χ3v) is 4.70. The van der Waals surface area contributed by atoms with E-state index in [1.54, 1.807) is 18.2 Å². The zero-order valence-corrected chi connectivity index (χ0v) is 13.2. The molecule has 2 aromatic carbocycles. The standard InChI is InChI=1S/C16H15ClO3P/c1-20-15-13(8-5-9-14(15)17)16(18)21(19)11-10-12-6-3-2-4-7-12/h2-9H,10-11H2,1H3/q+1. The lowest BCUT2D eigenvalue weighted by molar-refractivity contribution is 0.107. The highest BCUT2D eigenvalue weighted by molar-refractivity contribution is 7.64. The van der Waals surface area contributed by atoms with Crippen LogP contribution in [0.5, 0.6) is 5.75 Å². The van der Waals surface area contributed by atoms with Crippen molar-refractivity contribution in [1.29, 1.82) is 0 Å². The number of hydrogen-bond acceptors (Lipinski definition) is 3. The summed E-state index contributed by atoms with van der Waals surface area (Å²) in [6.07, 6.45) is 0.915. The fourth-order valence-electron chi connectivity index (χ4n) is 2.00. The van der Waals surface area contributed by atoms with Crippen molar-refractivity contribution >= 4 is 24.9 Å². The lowest BCUT2D eigenvalue weighted by atomic mass is 10.2. The van der Waals surface area contributed by atoms with Crippen LogP contribution in [0.4, 0.5) is 0 Å². The summed E-state index contributed by atoms with van der Waals surface area (Å²) in [5.74, 6) is 0.284. The van der Waals surface area contributed by atoms with Crippen molar-refractivity contribution in [1.82, 2.24) is 0 Å². The van der Waals surface area contributed by atoms with Crippen molar-refractivity contribution in [2.45, 2.75) is 6.42 Å². The Bertz CT molecular complexity index is 656. The molecule has 0 aromatic heterocycles. The highest BCUT2D eigenvalue weighted by atomic mass is 35.5. The number of benzene rings is 2. The Morgan fingerprint density at radius 3 is 2.52 bits per heavy atom. The van der Waals surface area contributed by atoms with Crippen molar-refractivity contribution in [3.63, 3.8) is 0 Å². The lowest BCUT2D eigenvalue weighted by Crippen LogP contribution is -2.01. The molecule has 0 N–H and O–H groups in total. The summed E-state index contributed by atoms with van der Waals surface area (Å²) in [5.41, 5.74) is 0.922. The van der Waals surface area contributed by atoms with E-state index >= 15 is 0 Å². The van der Waals surface area contributed by atoms with E-state index in [4.69, 9.17) is 16.3 Å². The number of halogens is 1. The summed E-state index contributed by atoms with van der Waals surface area (Å²) in [5, 5.41) is 0.342. The molecule has 0 aliphatic rings. The molecule has 0 amide bonds. The van der Waals surface area contributed by atoms with Gasteiger partial charge in [-0.15, -0.1) is 0 Å². The predicted molar refractivity (Wildman–Crippen MR) is 85.0 cm³/mol. The normalized spacial score (nSPS) is 11.0. The molecule has 0 heterocycles. The third kappa shape index (κ3) is 3.90. The SMILES string of the molecule is COc1c(Cl)cccc1C(=O)[P+](=O)CCc1ccccc1. The molecule has 2 aromatic rings. The Morgan fingerprint density at radius 1 is 1.14 bits per heavy atom. The first-order chi connectivity index (χ1) is 10.1. The van der Waals surface area contributed by atoms with E-state index in [0.29, 0.717) is 17.6 Å². The molecular formula is C16H15ClO3P+. The second-order valence-electron chi connectivity index (χ2n) is 4.46. The molecule has 0 fully saturated rings. The van der Waals surface area contributed by atoms with E-state index in [0.717, 1.165) is 5.56 Å². The maximum Gasteiger partial charge on any atom is 0.420 e. The number of rotatable bonds is 6. The summed E-state index contributed by atoms with van der Waals surface area (Å²) >= 11 is 5.98. The van der Waals surface area contributed by atoms with Gasteiger partial charge in [-0.05, 0) is 17.7 Å². The van der Waals surface area contributed by atoms with Crippen molar-refractivity contribution in [3.8, 4) is 5.75 Å². The zero-order valence-electron chi connectivity index (χ0n) is 11.6. The Balaban J connectivity index is 2.10. The van der Waals surface area contributed by atoms with Crippen molar-refractivity contribution in [3.05, 3.63) is 64.7 Å². The maximum atomic E-state index is 12.3. The van der Waals surface area contributed by atoms with Crippen molar-refractivity contribution in [2.75, 3.05) is 13.3 Å². The van der Waals surface area contributed by atoms with Gasteiger partial charge in [0.15, 0.2) is 11.9 Å². The van der Waals surface area contributed by atoms with Gasteiger partial charge in [0.05, 0.1) is 12.1 Å². The van der Waals surface area contributed by atoms with Crippen LogP contribution >= 0.6 is 19.4 Å². The van der Waals surface area contributed by atoms with E-state index < -0.39 is 13.3 Å². The topological polar surface area (TPSA) is 43.4 Å². The number of carbonyl (C=O) groups excluding carboxylic acids is 1. The molecule has 0 aliphatic heterocycles. The van der Waals surface area contributed by atoms with Gasteiger partial charge >= 0.3 is 13.3 Å². The fourth-order valence-corrected chi connectivity index (χ4v) is 3.36. The van der Waals surface area contributed by atoms with Crippen LogP contribution in [-0.4, -0.2) is 18.8 Å². The van der Waals surface area contributed by atoms with E-state index in [-0.39, 0.29) is 11.3 Å². The Morgan fingerprint density at radius 2 is 1.86 bits per heavy atom. The van der Waals surface area contributed by atoms with Crippen LogP contribution in [0.25, 0.3) is 0 Å². The monoisotopic (exact) mass is 321 g/mol. The molecule has 0 saturated heterocycles. The summed E-state index contributed by atoms with van der Waals surface area (Å²) in [6, 6.07) is 14.5. The number of methoxy groups -OCH3 is 1.